The summed E-state index contributed by atoms with van der Waals surface area (Å²) in [4.78, 5) is 27.3. The average Bonchev–Trinajstić information content (AvgIpc) is 3.82. The van der Waals surface area contributed by atoms with Gasteiger partial charge in [0, 0.05) is 43.8 Å². The summed E-state index contributed by atoms with van der Waals surface area (Å²) in [7, 11) is 0. The number of rotatable bonds is 12. The summed E-state index contributed by atoms with van der Waals surface area (Å²) in [5.74, 6) is -0.416. The molecule has 1 amide bonds. The molecule has 3 aromatic carbocycles. The van der Waals surface area contributed by atoms with E-state index in [9.17, 15) is 14.0 Å². The van der Waals surface area contributed by atoms with Gasteiger partial charge in [0.1, 0.15) is 5.82 Å². The molecule has 0 aliphatic carbocycles. The lowest BCUT2D eigenvalue weighted by molar-refractivity contribution is -0.128. The number of carbonyl (C=O) groups is 2. The zero-order valence-electron chi connectivity index (χ0n) is 23.4. The summed E-state index contributed by atoms with van der Waals surface area (Å²) in [6.45, 7) is 3.21. The minimum absolute atomic E-state index is 0.0132. The van der Waals surface area contributed by atoms with E-state index in [4.69, 9.17) is 14.6 Å². The predicted octanol–water partition coefficient (Wildman–Crippen LogP) is 4.71. The number of ketones is 1. The van der Waals surface area contributed by atoms with Crippen LogP contribution in [0.2, 0.25) is 0 Å². The minimum Gasteiger partial charge on any atom is -0.396 e. The number of amides is 1. The number of nitrogens with zero attached hydrogens (tertiary/aromatic N) is 1. The lowest BCUT2D eigenvalue weighted by Crippen LogP contribution is -2.41. The van der Waals surface area contributed by atoms with Crippen LogP contribution in [-0.4, -0.2) is 66.9 Å². The van der Waals surface area contributed by atoms with Gasteiger partial charge in [-0.15, -0.1) is 0 Å². The lowest BCUT2D eigenvalue weighted by Gasteiger charge is -2.28. The first kappa shape index (κ1) is 29.5. The number of morpholine rings is 1. The molecular weight excluding hydrogens is 535 g/mol. The maximum absolute atomic E-state index is 13.6. The molecule has 1 unspecified atom stereocenters. The van der Waals surface area contributed by atoms with Gasteiger partial charge in [-0.2, -0.15) is 0 Å². The number of Topliss-reactive ketones (excluding diaryl/α,β-unsaturated/α-hetero) is 1. The van der Waals surface area contributed by atoms with E-state index in [0.717, 1.165) is 16.7 Å². The van der Waals surface area contributed by atoms with E-state index in [2.05, 4.69) is 5.32 Å². The van der Waals surface area contributed by atoms with Gasteiger partial charge >= 0.3 is 0 Å². The molecule has 2 saturated heterocycles. The van der Waals surface area contributed by atoms with Gasteiger partial charge in [-0.25, -0.2) is 4.39 Å². The van der Waals surface area contributed by atoms with E-state index in [1.807, 2.05) is 66.8 Å². The first-order valence-electron chi connectivity index (χ1n) is 14.2. The molecule has 0 radical (unpaired) electrons. The van der Waals surface area contributed by atoms with Crippen molar-refractivity contribution in [3.63, 3.8) is 0 Å². The van der Waals surface area contributed by atoms with Gasteiger partial charge in [-0.3, -0.25) is 14.9 Å². The molecule has 2 fully saturated rings. The Labute approximate surface area is 245 Å². The fourth-order valence-corrected chi connectivity index (χ4v) is 4.71. The van der Waals surface area contributed by atoms with Gasteiger partial charge < -0.3 is 19.5 Å². The Morgan fingerprint density at radius 3 is 2.21 bits per heavy atom. The number of epoxide rings is 1. The Bertz CT molecular complexity index is 1420. The summed E-state index contributed by atoms with van der Waals surface area (Å²) >= 11 is 0. The summed E-state index contributed by atoms with van der Waals surface area (Å²) in [6, 6.07) is 21.3. The quantitative estimate of drug-likeness (QED) is 0.142. The van der Waals surface area contributed by atoms with Crippen LogP contribution in [0.1, 0.15) is 45.5 Å². The van der Waals surface area contributed by atoms with Crippen LogP contribution in [0.5, 0.6) is 0 Å². The largest absolute Gasteiger partial charge is 0.396 e. The molecule has 2 aliphatic rings. The van der Waals surface area contributed by atoms with Crippen LogP contribution < -0.4 is 5.32 Å². The number of halogens is 1. The summed E-state index contributed by atoms with van der Waals surface area (Å²) in [6.07, 6.45) is 6.65. The van der Waals surface area contributed by atoms with Crippen LogP contribution in [0.15, 0.2) is 78.9 Å². The van der Waals surface area contributed by atoms with Crippen molar-refractivity contribution in [2.75, 3.05) is 39.5 Å². The SMILES string of the molecule is O=C(CCCO)c1ccc(CNC2(/C=C/c3ccc(/C=C(/C(=O)N4CCOCC4)c4ccc(F)cc4)cc3)CO2)cc1. The van der Waals surface area contributed by atoms with E-state index >= 15 is 0 Å². The van der Waals surface area contributed by atoms with Gasteiger partial charge in [-0.05, 0) is 53.0 Å². The number of aliphatic hydroxyl groups excluding tert-OH is 1. The molecule has 1 atom stereocenters. The van der Waals surface area contributed by atoms with Crippen molar-refractivity contribution in [2.45, 2.75) is 25.1 Å². The third-order valence-corrected chi connectivity index (χ3v) is 7.36. The molecule has 8 heteroatoms. The molecule has 3 aromatic rings. The molecule has 218 valence electrons. The van der Waals surface area contributed by atoms with Crippen LogP contribution in [0.4, 0.5) is 4.39 Å². The Morgan fingerprint density at radius 2 is 1.57 bits per heavy atom. The van der Waals surface area contributed by atoms with Crippen LogP contribution >= 0.6 is 0 Å². The Morgan fingerprint density at radius 1 is 0.929 bits per heavy atom. The zero-order chi connectivity index (χ0) is 29.4. The third kappa shape index (κ3) is 7.86. The normalized spacial score (nSPS) is 18.8. The second-order valence-corrected chi connectivity index (χ2v) is 10.4. The van der Waals surface area contributed by atoms with Crippen molar-refractivity contribution < 1.29 is 28.6 Å². The van der Waals surface area contributed by atoms with Gasteiger partial charge in [0.15, 0.2) is 11.5 Å². The highest BCUT2D eigenvalue weighted by molar-refractivity contribution is 6.24. The standard InChI is InChI=1S/C34H35FN2O5/c35-30-13-11-28(12-14-30)31(33(40)37-17-20-41-21-18-37)22-26-5-3-25(4-6-26)15-16-34(24-42-34)36-23-27-7-9-29(10-8-27)32(39)2-1-19-38/h3-16,22,36,38H,1-2,17-21,23-24H2/b16-15+,31-22+. The Balaban J connectivity index is 1.22. The molecule has 2 heterocycles. The van der Waals surface area contributed by atoms with Crippen LogP contribution in [0, 0.1) is 5.82 Å². The number of hydrogen-bond acceptors (Lipinski definition) is 6. The first-order chi connectivity index (χ1) is 20.4. The topological polar surface area (TPSA) is 91.4 Å². The number of aliphatic hydroxyl groups is 1. The monoisotopic (exact) mass is 570 g/mol. The Kier molecular flexibility index (Phi) is 9.71. The third-order valence-electron chi connectivity index (χ3n) is 7.36. The van der Waals surface area contributed by atoms with Crippen LogP contribution in [0.3, 0.4) is 0 Å². The van der Waals surface area contributed by atoms with Gasteiger partial charge in [0.2, 0.25) is 0 Å². The fraction of sp³-hybridized carbons (Fsp3) is 0.294. The van der Waals surface area contributed by atoms with Crippen LogP contribution in [-0.2, 0) is 20.8 Å². The number of benzene rings is 3. The molecule has 0 spiro atoms. The van der Waals surface area contributed by atoms with E-state index in [1.54, 1.807) is 17.0 Å². The number of hydrogen-bond donors (Lipinski definition) is 2. The fourth-order valence-electron chi connectivity index (χ4n) is 4.71. The van der Waals surface area contributed by atoms with Gasteiger partial charge in [0.05, 0.1) is 19.8 Å². The van der Waals surface area contributed by atoms with E-state index in [-0.39, 0.29) is 24.1 Å². The van der Waals surface area contributed by atoms with E-state index in [1.165, 1.54) is 12.1 Å². The minimum atomic E-state index is -0.533. The second-order valence-electron chi connectivity index (χ2n) is 10.4. The van der Waals surface area contributed by atoms with Crippen molar-refractivity contribution in [1.29, 1.82) is 0 Å². The summed E-state index contributed by atoms with van der Waals surface area (Å²) in [5, 5.41) is 12.3. The Hall–Kier alpha value is -3.95. The molecule has 2 N–H and O–H groups in total. The first-order valence-corrected chi connectivity index (χ1v) is 14.2. The van der Waals surface area contributed by atoms with E-state index in [0.29, 0.717) is 69.0 Å². The van der Waals surface area contributed by atoms with Crippen molar-refractivity contribution in [2.24, 2.45) is 0 Å². The molecule has 42 heavy (non-hydrogen) atoms. The zero-order valence-corrected chi connectivity index (χ0v) is 23.4. The van der Waals surface area contributed by atoms with Crippen LogP contribution in [0.25, 0.3) is 17.7 Å². The maximum Gasteiger partial charge on any atom is 0.254 e. The van der Waals surface area contributed by atoms with Gasteiger partial charge in [-0.1, -0.05) is 66.7 Å². The molecular formula is C34H35FN2O5. The number of carbonyl (C=O) groups excluding carboxylic acids is 2. The molecule has 2 aliphatic heterocycles. The summed E-state index contributed by atoms with van der Waals surface area (Å²) < 4.78 is 24.7. The lowest BCUT2D eigenvalue weighted by atomic mass is 10.0. The number of nitrogens with one attached hydrogen (secondary N) is 1. The molecule has 5 rings (SSSR count). The average molecular weight is 571 g/mol. The van der Waals surface area contributed by atoms with Crippen molar-refractivity contribution in [1.82, 2.24) is 10.2 Å². The molecule has 0 bridgehead atoms. The van der Waals surface area contributed by atoms with Gasteiger partial charge in [0.25, 0.3) is 5.91 Å². The van der Waals surface area contributed by atoms with Crippen molar-refractivity contribution >= 4 is 29.4 Å². The highest BCUT2D eigenvalue weighted by Crippen LogP contribution is 2.27. The highest BCUT2D eigenvalue weighted by atomic mass is 19.1. The maximum atomic E-state index is 13.6. The molecule has 0 aromatic heterocycles. The van der Waals surface area contributed by atoms with E-state index < -0.39 is 5.72 Å². The summed E-state index contributed by atoms with van der Waals surface area (Å²) in [5.41, 5.74) is 4.18. The van der Waals surface area contributed by atoms with Crippen molar-refractivity contribution in [3.8, 4) is 0 Å². The molecule has 0 saturated carbocycles. The smallest absolute Gasteiger partial charge is 0.254 e. The molecule has 7 nitrogen and oxygen atoms in total. The number of ether oxygens (including phenoxy) is 2. The highest BCUT2D eigenvalue weighted by Gasteiger charge is 2.41. The van der Waals surface area contributed by atoms with Crippen molar-refractivity contribution in [3.05, 3.63) is 113 Å². The predicted molar refractivity (Wildman–Crippen MR) is 160 cm³/mol. The second kappa shape index (κ2) is 13.8.